The van der Waals surface area contributed by atoms with Gasteiger partial charge >= 0.3 is 74.2 Å². The van der Waals surface area contributed by atoms with E-state index in [-0.39, 0.29) is 0 Å². The van der Waals surface area contributed by atoms with Crippen LogP contribution in [0.5, 0.6) is 0 Å². The van der Waals surface area contributed by atoms with Crippen LogP contribution >= 0.6 is 0 Å². The van der Waals surface area contributed by atoms with Gasteiger partial charge in [-0.05, 0) is 0 Å². The molecule has 0 fully saturated rings. The van der Waals surface area contributed by atoms with Crippen molar-refractivity contribution in [3.63, 3.8) is 0 Å². The van der Waals surface area contributed by atoms with Crippen LogP contribution in [-0.4, -0.2) is 21.3 Å². The van der Waals surface area contributed by atoms with Crippen molar-refractivity contribution in [2.45, 2.75) is 12.8 Å². The molecule has 0 saturated carbocycles. The minimum atomic E-state index is 0.358. The second-order valence-corrected chi connectivity index (χ2v) is 4.84. The van der Waals surface area contributed by atoms with Gasteiger partial charge in [-0.3, -0.25) is 0 Å². The van der Waals surface area contributed by atoms with Gasteiger partial charge in [0.1, 0.15) is 0 Å². The zero-order chi connectivity index (χ0) is 13.5. The fourth-order valence-corrected chi connectivity index (χ4v) is 2.91. The molecule has 0 unspecified atom stereocenters. The van der Waals surface area contributed by atoms with Crippen LogP contribution in [0.1, 0.15) is 12.8 Å². The molecule has 0 aromatic carbocycles. The predicted octanol–water partition coefficient (Wildman–Crippen LogP) is -0.314. The molecule has 0 aliphatic heterocycles. The second-order valence-electron chi connectivity index (χ2n) is 2.69. The summed E-state index contributed by atoms with van der Waals surface area (Å²) in [5.74, 6) is 0. The molecule has 2 aliphatic rings. The van der Waals surface area contributed by atoms with Crippen molar-refractivity contribution in [1.82, 2.24) is 0 Å². The van der Waals surface area contributed by atoms with Crippen molar-refractivity contribution >= 4 is 0 Å². The quantitative estimate of drug-likeness (QED) is 0.693. The third-order valence-corrected chi connectivity index (χ3v) is 3.72. The first kappa shape index (κ1) is 18.8. The van der Waals surface area contributed by atoms with Gasteiger partial charge in [0, 0.05) is 0 Å². The van der Waals surface area contributed by atoms with Crippen molar-refractivity contribution in [3.8, 4) is 0 Å². The van der Waals surface area contributed by atoms with Crippen molar-refractivity contribution in [2.24, 2.45) is 0 Å². The first-order valence-corrected chi connectivity index (χ1v) is 6.50. The Morgan fingerprint density at radius 2 is 1.12 bits per heavy atom. The van der Waals surface area contributed by atoms with Gasteiger partial charge < -0.3 is 15.3 Å². The largest absolute Gasteiger partial charge is 0.857 e. The van der Waals surface area contributed by atoms with Gasteiger partial charge in [0.2, 0.25) is 0 Å². The number of hydrogen-bond acceptors (Lipinski definition) is 3. The van der Waals surface area contributed by atoms with E-state index in [0.717, 1.165) is 21.3 Å². The summed E-state index contributed by atoms with van der Waals surface area (Å²) in [6.07, 6.45) is 15.8. The monoisotopic (exact) mass is 274 g/mol. The average Bonchev–Trinajstić information content (AvgIpc) is 3.11. The van der Waals surface area contributed by atoms with Crippen LogP contribution in [-0.2, 0) is 16.3 Å². The molecule has 0 spiro atoms. The molecule has 0 aromatic heterocycles. The van der Waals surface area contributed by atoms with E-state index in [0.29, 0.717) is 16.3 Å². The van der Waals surface area contributed by atoms with E-state index in [1.807, 2.05) is 0 Å². The summed E-state index contributed by atoms with van der Waals surface area (Å²) in [7, 11) is 2.25. The summed E-state index contributed by atoms with van der Waals surface area (Å²) in [4.78, 5) is 0. The molecule has 94 valence electrons. The van der Waals surface area contributed by atoms with Gasteiger partial charge in [-0.15, -0.1) is 0 Å². The molecule has 0 saturated heterocycles. The molecule has 17 heavy (non-hydrogen) atoms. The van der Waals surface area contributed by atoms with Gasteiger partial charge in [0.15, 0.2) is 0 Å². The van der Waals surface area contributed by atoms with Crippen LogP contribution in [0, 0.1) is 0 Å². The molecule has 0 aromatic rings. The van der Waals surface area contributed by atoms with Crippen LogP contribution in [0.15, 0.2) is 45.0 Å². The Kier molecular flexibility index (Phi) is 17.0. The van der Waals surface area contributed by atoms with Gasteiger partial charge in [0.05, 0.1) is 0 Å². The molecule has 0 N–H and O–H groups in total. The second kappa shape index (κ2) is 15.4. The molecular formula is C13H19O3V. The molecule has 4 heteroatoms. The molecule has 0 atom stereocenters. The summed E-state index contributed by atoms with van der Waals surface area (Å²) in [5.41, 5.74) is 0. The average molecular weight is 274 g/mol. The van der Waals surface area contributed by atoms with Gasteiger partial charge in [0.25, 0.3) is 0 Å². The summed E-state index contributed by atoms with van der Waals surface area (Å²) in [6, 6.07) is 0. The summed E-state index contributed by atoms with van der Waals surface area (Å²) in [6.45, 7) is 0. The third-order valence-electron chi connectivity index (χ3n) is 1.79. The zero-order valence-corrected chi connectivity index (χ0v) is 11.9. The smallest absolute Gasteiger partial charge is 0.153 e. The number of hydrogen-bond donors (Lipinski definition) is 0. The van der Waals surface area contributed by atoms with E-state index in [9.17, 15) is 0 Å². The van der Waals surface area contributed by atoms with Crippen LogP contribution in [0.2, 0.25) is 0 Å². The zero-order valence-electron chi connectivity index (χ0n) is 10.6. The van der Waals surface area contributed by atoms with Crippen molar-refractivity contribution in [1.29, 1.82) is 0 Å². The molecule has 2 aliphatic carbocycles. The molecule has 2 rings (SSSR count). The Morgan fingerprint density at radius 3 is 1.35 bits per heavy atom. The molecular weight excluding hydrogens is 255 g/mol. The van der Waals surface area contributed by atoms with Crippen molar-refractivity contribution in [2.75, 3.05) is 21.3 Å². The Labute approximate surface area is 111 Å². The fourth-order valence-electron chi connectivity index (χ4n) is 1.22. The Balaban J connectivity index is 0. The van der Waals surface area contributed by atoms with Gasteiger partial charge in [-0.1, -0.05) is 0 Å². The van der Waals surface area contributed by atoms with Crippen molar-refractivity contribution < 1.29 is 31.6 Å². The Hall–Kier alpha value is -0.576. The minimum absolute atomic E-state index is 0.358. The number of rotatable bonds is 2. The van der Waals surface area contributed by atoms with Crippen LogP contribution in [0.25, 0.3) is 0 Å². The number of allylic oxidation sites excluding steroid dienone is 8. The molecule has 0 bridgehead atoms. The normalized spacial score (nSPS) is 14.0. The van der Waals surface area contributed by atoms with E-state index in [1.54, 1.807) is 8.57 Å². The van der Waals surface area contributed by atoms with E-state index in [2.05, 4.69) is 36.5 Å². The predicted molar refractivity (Wildman–Crippen MR) is 61.5 cm³/mol. The van der Waals surface area contributed by atoms with Crippen LogP contribution < -0.4 is 15.3 Å². The van der Waals surface area contributed by atoms with E-state index >= 15 is 0 Å². The van der Waals surface area contributed by atoms with E-state index < -0.39 is 0 Å². The molecule has 3 nitrogen and oxygen atoms in total. The van der Waals surface area contributed by atoms with Crippen LogP contribution in [0.3, 0.4) is 0 Å². The third kappa shape index (κ3) is 9.16. The van der Waals surface area contributed by atoms with Crippen molar-refractivity contribution in [3.05, 3.63) is 45.0 Å². The maximum absolute atomic E-state index is 8.25. The fraction of sp³-hybridized carbons (Fsp3) is 0.385. The molecule has 0 amide bonds. The summed E-state index contributed by atoms with van der Waals surface area (Å²) < 4.78 is 3.30. The first-order chi connectivity index (χ1) is 8.45. The van der Waals surface area contributed by atoms with E-state index in [1.165, 1.54) is 12.8 Å². The summed E-state index contributed by atoms with van der Waals surface area (Å²) in [5, 5.41) is 24.8. The molecule has 0 radical (unpaired) electrons. The molecule has 0 heterocycles. The first-order valence-electron chi connectivity index (χ1n) is 5.11. The minimum Gasteiger partial charge on any atom is -0.857 e. The van der Waals surface area contributed by atoms with E-state index in [4.69, 9.17) is 15.3 Å². The summed E-state index contributed by atoms with van der Waals surface area (Å²) >= 11 is 0.358. The van der Waals surface area contributed by atoms with Crippen LogP contribution in [0.4, 0.5) is 0 Å². The Morgan fingerprint density at radius 1 is 0.765 bits per heavy atom. The topological polar surface area (TPSA) is 69.2 Å². The van der Waals surface area contributed by atoms with Gasteiger partial charge in [-0.25, -0.2) is 0 Å². The maximum Gasteiger partial charge on any atom is -0.153 e. The standard InChI is InChI=1S/2C5H5.3CH3O.V/c2*1-2-4-5-3-1;3*1-2;/h2*1-3H,4H2;3*1H3;/q;;3*-1;+3. The van der Waals surface area contributed by atoms with Gasteiger partial charge in [-0.2, -0.15) is 21.3 Å². The maximum atomic E-state index is 8.25. The SMILES string of the molecule is C1=CC[C]([V+3][C]2=CC=CC2)=C1.C[O-].C[O-].C[O-]. The Bertz CT molecular complexity index is 250.